The van der Waals surface area contributed by atoms with Gasteiger partial charge in [0.2, 0.25) is 5.88 Å². The number of pyridine rings is 1. The molecule has 28 heavy (non-hydrogen) atoms. The molecule has 2 heterocycles. The van der Waals surface area contributed by atoms with Gasteiger partial charge in [0.1, 0.15) is 10.8 Å². The fourth-order valence-corrected chi connectivity index (χ4v) is 2.56. The SMILES string of the molecule is Fc1ccccc1Cl.O=C(COc1ncccc1Cl)NCC1CNCCOC1. The van der Waals surface area contributed by atoms with E-state index in [1.54, 1.807) is 30.5 Å². The Balaban J connectivity index is 0.000000292. The standard InChI is InChI=1S/C13H18ClN3O3.C6H4ClF/c14-11-2-1-3-16-13(11)20-9-12(18)17-7-10-6-15-4-5-19-8-10;7-5-3-1-2-4-6(5)8/h1-3,10,15H,4-9H2,(H,17,18);1-4H. The molecule has 1 aromatic carbocycles. The van der Waals surface area contributed by atoms with Gasteiger partial charge in [-0.1, -0.05) is 35.3 Å². The molecular formula is C19H22Cl2FN3O3. The number of aromatic nitrogens is 1. The highest BCUT2D eigenvalue weighted by Crippen LogP contribution is 2.19. The fourth-order valence-electron chi connectivity index (χ4n) is 2.25. The van der Waals surface area contributed by atoms with Gasteiger partial charge in [0, 0.05) is 31.7 Å². The van der Waals surface area contributed by atoms with Crippen molar-refractivity contribution in [3.05, 3.63) is 58.5 Å². The summed E-state index contributed by atoms with van der Waals surface area (Å²) in [5.74, 6) is -0.0196. The molecular weight excluding hydrogens is 408 g/mol. The van der Waals surface area contributed by atoms with E-state index in [2.05, 4.69) is 15.6 Å². The van der Waals surface area contributed by atoms with Crippen molar-refractivity contribution in [1.29, 1.82) is 0 Å². The highest BCUT2D eigenvalue weighted by Gasteiger charge is 2.14. The summed E-state index contributed by atoms with van der Waals surface area (Å²) in [6.45, 7) is 3.52. The van der Waals surface area contributed by atoms with Crippen LogP contribution in [0.2, 0.25) is 10.0 Å². The number of amides is 1. The Kier molecular flexibility index (Phi) is 9.99. The monoisotopic (exact) mass is 429 g/mol. The number of carbonyl (C=O) groups excluding carboxylic acids is 1. The summed E-state index contributed by atoms with van der Waals surface area (Å²) in [7, 11) is 0. The summed E-state index contributed by atoms with van der Waals surface area (Å²) in [6.07, 6.45) is 1.56. The van der Waals surface area contributed by atoms with Crippen LogP contribution in [0.4, 0.5) is 4.39 Å². The number of hydrogen-bond donors (Lipinski definition) is 2. The third-order valence-electron chi connectivity index (χ3n) is 3.69. The first kappa shape index (κ1) is 22.4. The average molecular weight is 430 g/mol. The Morgan fingerprint density at radius 3 is 2.79 bits per heavy atom. The third-order valence-corrected chi connectivity index (χ3v) is 4.28. The van der Waals surface area contributed by atoms with E-state index in [0.29, 0.717) is 24.8 Å². The van der Waals surface area contributed by atoms with Crippen LogP contribution in [0.3, 0.4) is 0 Å². The predicted molar refractivity (Wildman–Crippen MR) is 106 cm³/mol. The number of halogens is 3. The summed E-state index contributed by atoms with van der Waals surface area (Å²) in [6, 6.07) is 9.48. The second-order valence-electron chi connectivity index (χ2n) is 5.94. The summed E-state index contributed by atoms with van der Waals surface area (Å²) >= 11 is 11.2. The predicted octanol–water partition coefficient (Wildman–Crippen LogP) is 2.95. The van der Waals surface area contributed by atoms with Crippen molar-refractivity contribution in [2.24, 2.45) is 5.92 Å². The molecule has 0 radical (unpaired) electrons. The molecule has 1 aliphatic rings. The molecule has 0 saturated carbocycles. The average Bonchev–Trinajstić information content (AvgIpc) is 2.97. The lowest BCUT2D eigenvalue weighted by atomic mass is 10.1. The van der Waals surface area contributed by atoms with E-state index >= 15 is 0 Å². The van der Waals surface area contributed by atoms with Crippen LogP contribution in [0.5, 0.6) is 5.88 Å². The molecule has 1 fully saturated rings. The Labute approximate surface area is 173 Å². The van der Waals surface area contributed by atoms with Crippen LogP contribution in [-0.4, -0.2) is 50.3 Å². The molecule has 0 aliphatic carbocycles. The van der Waals surface area contributed by atoms with Gasteiger partial charge in [-0.25, -0.2) is 9.37 Å². The van der Waals surface area contributed by atoms with E-state index < -0.39 is 0 Å². The van der Waals surface area contributed by atoms with Crippen molar-refractivity contribution in [3.63, 3.8) is 0 Å². The van der Waals surface area contributed by atoms with Gasteiger partial charge in [-0.05, 0) is 24.3 Å². The largest absolute Gasteiger partial charge is 0.467 e. The van der Waals surface area contributed by atoms with Crippen LogP contribution in [0.25, 0.3) is 0 Å². The van der Waals surface area contributed by atoms with Gasteiger partial charge in [0.05, 0.1) is 18.2 Å². The van der Waals surface area contributed by atoms with Crippen LogP contribution >= 0.6 is 23.2 Å². The van der Waals surface area contributed by atoms with E-state index in [-0.39, 0.29) is 35.2 Å². The van der Waals surface area contributed by atoms with Gasteiger partial charge in [0.15, 0.2) is 6.61 Å². The topological polar surface area (TPSA) is 72.5 Å². The highest BCUT2D eigenvalue weighted by atomic mass is 35.5. The third kappa shape index (κ3) is 8.39. The number of hydrogen-bond acceptors (Lipinski definition) is 5. The molecule has 3 rings (SSSR count). The van der Waals surface area contributed by atoms with E-state index in [9.17, 15) is 9.18 Å². The van der Waals surface area contributed by atoms with Crippen LogP contribution < -0.4 is 15.4 Å². The van der Waals surface area contributed by atoms with Gasteiger partial charge in [-0.3, -0.25) is 4.79 Å². The summed E-state index contributed by atoms with van der Waals surface area (Å²) in [5.41, 5.74) is 0. The lowest BCUT2D eigenvalue weighted by Crippen LogP contribution is -2.37. The van der Waals surface area contributed by atoms with Crippen LogP contribution in [0, 0.1) is 11.7 Å². The van der Waals surface area contributed by atoms with Crippen molar-refractivity contribution in [2.45, 2.75) is 0 Å². The Hall–Kier alpha value is -1.93. The van der Waals surface area contributed by atoms with Crippen molar-refractivity contribution >= 4 is 29.1 Å². The summed E-state index contributed by atoms with van der Waals surface area (Å²) in [5, 5.41) is 6.63. The Bertz CT molecular complexity index is 723. The quantitative estimate of drug-likeness (QED) is 0.764. The summed E-state index contributed by atoms with van der Waals surface area (Å²) in [4.78, 5) is 15.6. The normalized spacial score (nSPS) is 16.3. The molecule has 1 aliphatic heterocycles. The van der Waals surface area contributed by atoms with Gasteiger partial charge in [0.25, 0.3) is 5.91 Å². The number of ether oxygens (including phenoxy) is 2. The highest BCUT2D eigenvalue weighted by molar-refractivity contribution is 6.31. The van der Waals surface area contributed by atoms with Crippen molar-refractivity contribution in [3.8, 4) is 5.88 Å². The molecule has 1 aromatic heterocycles. The zero-order chi connectivity index (χ0) is 20.2. The molecule has 2 N–H and O–H groups in total. The van der Waals surface area contributed by atoms with Gasteiger partial charge >= 0.3 is 0 Å². The molecule has 1 saturated heterocycles. The van der Waals surface area contributed by atoms with E-state index in [4.69, 9.17) is 32.7 Å². The maximum absolute atomic E-state index is 12.2. The van der Waals surface area contributed by atoms with E-state index in [1.807, 2.05) is 0 Å². The van der Waals surface area contributed by atoms with E-state index in [0.717, 1.165) is 13.1 Å². The van der Waals surface area contributed by atoms with E-state index in [1.165, 1.54) is 12.1 Å². The first-order chi connectivity index (χ1) is 13.6. The van der Waals surface area contributed by atoms with Crippen LogP contribution in [-0.2, 0) is 9.53 Å². The molecule has 1 amide bonds. The minimum absolute atomic E-state index is 0.0995. The van der Waals surface area contributed by atoms with Crippen molar-refractivity contribution in [1.82, 2.24) is 15.6 Å². The van der Waals surface area contributed by atoms with Crippen molar-refractivity contribution in [2.75, 3.05) is 39.5 Å². The molecule has 2 aromatic rings. The fraction of sp³-hybridized carbons (Fsp3) is 0.368. The maximum atomic E-state index is 12.2. The molecule has 1 atom stereocenters. The van der Waals surface area contributed by atoms with Crippen LogP contribution in [0.1, 0.15) is 0 Å². The smallest absolute Gasteiger partial charge is 0.258 e. The summed E-state index contributed by atoms with van der Waals surface area (Å²) < 4.78 is 22.9. The second kappa shape index (κ2) is 12.5. The molecule has 9 heteroatoms. The number of nitrogens with one attached hydrogen (secondary N) is 2. The van der Waals surface area contributed by atoms with Crippen molar-refractivity contribution < 1.29 is 18.7 Å². The molecule has 1 unspecified atom stereocenters. The molecule has 0 bridgehead atoms. The van der Waals surface area contributed by atoms with Gasteiger partial charge in [-0.15, -0.1) is 0 Å². The number of carbonyl (C=O) groups is 1. The minimum atomic E-state index is -0.367. The molecule has 6 nitrogen and oxygen atoms in total. The number of rotatable bonds is 5. The maximum Gasteiger partial charge on any atom is 0.258 e. The molecule has 0 spiro atoms. The number of benzene rings is 1. The lowest BCUT2D eigenvalue weighted by molar-refractivity contribution is -0.123. The molecule has 152 valence electrons. The van der Waals surface area contributed by atoms with Crippen LogP contribution in [0.15, 0.2) is 42.6 Å². The first-order valence-electron chi connectivity index (χ1n) is 8.74. The minimum Gasteiger partial charge on any atom is -0.467 e. The second-order valence-corrected chi connectivity index (χ2v) is 6.76. The zero-order valence-corrected chi connectivity index (χ0v) is 16.7. The van der Waals surface area contributed by atoms with Gasteiger partial charge in [-0.2, -0.15) is 0 Å². The lowest BCUT2D eigenvalue weighted by Gasteiger charge is -2.14. The van der Waals surface area contributed by atoms with Gasteiger partial charge < -0.3 is 20.1 Å². The zero-order valence-electron chi connectivity index (χ0n) is 15.2. The Morgan fingerprint density at radius 2 is 2.07 bits per heavy atom. The first-order valence-corrected chi connectivity index (χ1v) is 9.50. The number of nitrogens with zero attached hydrogens (tertiary/aromatic N) is 1. The Morgan fingerprint density at radius 1 is 1.29 bits per heavy atom.